The number of halogens is 3. The van der Waals surface area contributed by atoms with Gasteiger partial charge in [0.15, 0.2) is 11.5 Å². The van der Waals surface area contributed by atoms with Gasteiger partial charge in [-0.15, -0.1) is 0 Å². The zero-order valence-corrected chi connectivity index (χ0v) is 19.9. The van der Waals surface area contributed by atoms with Crippen molar-refractivity contribution in [2.45, 2.75) is 13.5 Å². The number of ether oxygens (including phenoxy) is 2. The normalized spacial score (nSPS) is 10.8. The summed E-state index contributed by atoms with van der Waals surface area (Å²) in [7, 11) is 0. The highest BCUT2D eigenvalue weighted by atomic mass is 35.5. The van der Waals surface area contributed by atoms with Gasteiger partial charge in [-0.25, -0.2) is 10.4 Å². The third-order valence-electron chi connectivity index (χ3n) is 4.28. The molecule has 9 nitrogen and oxygen atoms in total. The number of nitro groups is 1. The van der Waals surface area contributed by atoms with E-state index >= 15 is 0 Å². The van der Waals surface area contributed by atoms with Gasteiger partial charge in [0.25, 0.3) is 5.91 Å². The monoisotopic (exact) mass is 522 g/mol. The molecule has 0 atom stereocenters. The van der Waals surface area contributed by atoms with Crippen molar-refractivity contribution in [3.8, 4) is 11.5 Å². The molecule has 3 rings (SSSR count). The van der Waals surface area contributed by atoms with Crippen LogP contribution in [0.2, 0.25) is 15.1 Å². The van der Waals surface area contributed by atoms with Crippen LogP contribution in [-0.2, 0) is 6.61 Å². The second-order valence-electron chi connectivity index (χ2n) is 6.63. The molecule has 0 fully saturated rings. The van der Waals surface area contributed by atoms with Crippen LogP contribution >= 0.6 is 34.8 Å². The number of hydrazone groups is 1. The van der Waals surface area contributed by atoms with Crippen molar-refractivity contribution in [1.82, 2.24) is 10.4 Å². The number of aromatic nitrogens is 1. The largest absolute Gasteiger partial charge is 0.490 e. The Balaban J connectivity index is 1.75. The minimum absolute atomic E-state index is 0.170. The highest BCUT2D eigenvalue weighted by Crippen LogP contribution is 2.37. The van der Waals surface area contributed by atoms with E-state index in [9.17, 15) is 14.9 Å². The van der Waals surface area contributed by atoms with Gasteiger partial charge in [0, 0.05) is 12.3 Å². The zero-order valence-electron chi connectivity index (χ0n) is 17.6. The van der Waals surface area contributed by atoms with E-state index in [-0.39, 0.29) is 17.3 Å². The van der Waals surface area contributed by atoms with Crippen LogP contribution in [0.4, 0.5) is 5.69 Å². The number of benzene rings is 2. The highest BCUT2D eigenvalue weighted by Gasteiger charge is 2.20. The number of nitrogens with zero attached hydrogens (tertiary/aromatic N) is 3. The topological polar surface area (TPSA) is 116 Å². The second-order valence-corrected chi connectivity index (χ2v) is 7.85. The fraction of sp³-hybridized carbons (Fsp3) is 0.136. The van der Waals surface area contributed by atoms with E-state index in [0.29, 0.717) is 33.7 Å². The maximum atomic E-state index is 12.2. The number of carbonyl (C=O) groups is 1. The molecule has 0 saturated heterocycles. The minimum Gasteiger partial charge on any atom is -0.490 e. The Labute approximate surface area is 209 Å². The fourth-order valence-electron chi connectivity index (χ4n) is 2.79. The van der Waals surface area contributed by atoms with Crippen molar-refractivity contribution in [3.63, 3.8) is 0 Å². The van der Waals surface area contributed by atoms with E-state index in [1.54, 1.807) is 37.3 Å². The third-order valence-corrected chi connectivity index (χ3v) is 5.30. The molecule has 0 aliphatic heterocycles. The number of carbonyl (C=O) groups excluding carboxylic acids is 1. The van der Waals surface area contributed by atoms with Crippen LogP contribution in [0, 0.1) is 10.1 Å². The molecule has 0 unspecified atom stereocenters. The quantitative estimate of drug-likeness (QED) is 0.219. The van der Waals surface area contributed by atoms with Gasteiger partial charge in [-0.2, -0.15) is 5.10 Å². The summed E-state index contributed by atoms with van der Waals surface area (Å²) in [5.74, 6) is -0.149. The average molecular weight is 524 g/mol. The number of hydrogen-bond donors (Lipinski definition) is 1. The zero-order chi connectivity index (χ0) is 24.7. The summed E-state index contributed by atoms with van der Waals surface area (Å²) >= 11 is 18.4. The first-order chi connectivity index (χ1) is 16.3. The van der Waals surface area contributed by atoms with Gasteiger partial charge in [0.05, 0.1) is 32.8 Å². The van der Waals surface area contributed by atoms with Crippen LogP contribution in [0.1, 0.15) is 28.5 Å². The van der Waals surface area contributed by atoms with Gasteiger partial charge in [-0.05, 0) is 48.4 Å². The third kappa shape index (κ3) is 6.34. The molecule has 0 spiro atoms. The summed E-state index contributed by atoms with van der Waals surface area (Å²) in [5, 5.41) is 16.0. The lowest BCUT2D eigenvalue weighted by Crippen LogP contribution is -2.20. The Bertz CT molecular complexity index is 1250. The van der Waals surface area contributed by atoms with Crippen molar-refractivity contribution in [2.24, 2.45) is 5.10 Å². The molecule has 3 aromatic rings. The number of amides is 1. The number of hydrogen-bond acceptors (Lipinski definition) is 7. The van der Waals surface area contributed by atoms with E-state index < -0.39 is 16.5 Å². The summed E-state index contributed by atoms with van der Waals surface area (Å²) in [6, 6.07) is 10.9. The molecule has 34 heavy (non-hydrogen) atoms. The summed E-state index contributed by atoms with van der Waals surface area (Å²) in [6.07, 6.45) is 2.58. The lowest BCUT2D eigenvalue weighted by molar-refractivity contribution is -0.385. The van der Waals surface area contributed by atoms with Gasteiger partial charge in [-0.1, -0.05) is 40.9 Å². The van der Waals surface area contributed by atoms with Crippen LogP contribution in [-0.4, -0.2) is 28.6 Å². The fourth-order valence-corrected chi connectivity index (χ4v) is 3.38. The molecule has 0 aliphatic carbocycles. The molecule has 0 radical (unpaired) electrons. The van der Waals surface area contributed by atoms with Crippen LogP contribution < -0.4 is 14.9 Å². The first-order valence-electron chi connectivity index (χ1n) is 9.76. The van der Waals surface area contributed by atoms with Gasteiger partial charge >= 0.3 is 5.69 Å². The molecule has 2 aromatic carbocycles. The molecular weight excluding hydrogens is 507 g/mol. The smallest absolute Gasteiger partial charge is 0.300 e. The molecule has 176 valence electrons. The van der Waals surface area contributed by atoms with E-state index in [1.165, 1.54) is 24.5 Å². The summed E-state index contributed by atoms with van der Waals surface area (Å²) in [5.41, 5.74) is 2.70. The van der Waals surface area contributed by atoms with Crippen molar-refractivity contribution in [1.29, 1.82) is 0 Å². The lowest BCUT2D eigenvalue weighted by atomic mass is 10.2. The molecule has 1 aromatic heterocycles. The first-order valence-corrected chi connectivity index (χ1v) is 10.9. The molecule has 0 bridgehead atoms. The average Bonchev–Trinajstić information content (AvgIpc) is 2.81. The summed E-state index contributed by atoms with van der Waals surface area (Å²) in [4.78, 5) is 26.3. The lowest BCUT2D eigenvalue weighted by Gasteiger charge is -2.14. The van der Waals surface area contributed by atoms with Gasteiger partial charge in [0.1, 0.15) is 6.61 Å². The van der Waals surface area contributed by atoms with Gasteiger partial charge in [0.2, 0.25) is 5.69 Å². The van der Waals surface area contributed by atoms with Crippen LogP contribution in [0.3, 0.4) is 0 Å². The maximum absolute atomic E-state index is 12.2. The van der Waals surface area contributed by atoms with Gasteiger partial charge in [-0.3, -0.25) is 14.9 Å². The van der Waals surface area contributed by atoms with Crippen LogP contribution in [0.15, 0.2) is 53.8 Å². The van der Waals surface area contributed by atoms with Crippen molar-refractivity contribution in [2.75, 3.05) is 6.61 Å². The minimum atomic E-state index is -0.832. The van der Waals surface area contributed by atoms with Crippen molar-refractivity contribution >= 4 is 52.6 Å². The standard InChI is InChI=1S/C22H17Cl3N4O5/c1-2-33-19-10-14(11-27-28-22(30)20-18(29(31)32)4-3-7-26-20)9-17(25)21(19)34-12-13-5-6-15(23)16(24)8-13/h3-11H,2,12H2,1H3,(H,28,30)/b27-11-. The number of rotatable bonds is 9. The maximum Gasteiger partial charge on any atom is 0.300 e. The molecule has 12 heteroatoms. The van der Waals surface area contributed by atoms with Gasteiger partial charge < -0.3 is 9.47 Å². The summed E-state index contributed by atoms with van der Waals surface area (Å²) < 4.78 is 11.5. The molecule has 1 N–H and O–H groups in total. The van der Waals surface area contributed by atoms with E-state index in [4.69, 9.17) is 44.3 Å². The molecule has 0 aliphatic rings. The SMILES string of the molecule is CCOc1cc(/C=N\NC(=O)c2ncccc2[N+](=O)[O-])cc(Cl)c1OCc1ccc(Cl)c(Cl)c1. The van der Waals surface area contributed by atoms with Crippen molar-refractivity contribution in [3.05, 3.63) is 90.7 Å². The van der Waals surface area contributed by atoms with Crippen LogP contribution in [0.5, 0.6) is 11.5 Å². The number of pyridine rings is 1. The predicted molar refractivity (Wildman–Crippen MR) is 129 cm³/mol. The Kier molecular flexibility index (Phi) is 8.64. The van der Waals surface area contributed by atoms with E-state index in [2.05, 4.69) is 15.5 Å². The predicted octanol–water partition coefficient (Wildman–Crippen LogP) is 5.69. The Morgan fingerprint density at radius 2 is 1.94 bits per heavy atom. The van der Waals surface area contributed by atoms with Crippen molar-refractivity contribution < 1.29 is 19.2 Å². The Hall–Kier alpha value is -3.40. The van der Waals surface area contributed by atoms with E-state index in [1.807, 2.05) is 0 Å². The Morgan fingerprint density at radius 3 is 2.65 bits per heavy atom. The van der Waals surface area contributed by atoms with E-state index in [0.717, 1.165) is 5.56 Å². The molecule has 1 amide bonds. The molecule has 0 saturated carbocycles. The molecular formula is C22H17Cl3N4O5. The first kappa shape index (κ1) is 25.2. The summed E-state index contributed by atoms with van der Waals surface area (Å²) in [6.45, 7) is 2.32. The highest BCUT2D eigenvalue weighted by molar-refractivity contribution is 6.42. The number of nitrogens with one attached hydrogen (secondary N) is 1. The molecule has 1 heterocycles. The Morgan fingerprint density at radius 1 is 1.15 bits per heavy atom. The van der Waals surface area contributed by atoms with Crippen LogP contribution in [0.25, 0.3) is 0 Å². The second kappa shape index (κ2) is 11.6.